The third-order valence-corrected chi connectivity index (χ3v) is 3.85. The van der Waals surface area contributed by atoms with Gasteiger partial charge in [-0.15, -0.1) is 0 Å². The first kappa shape index (κ1) is 16.0. The van der Waals surface area contributed by atoms with E-state index in [1.807, 2.05) is 29.8 Å². The van der Waals surface area contributed by atoms with Gasteiger partial charge in [0.05, 0.1) is 0 Å². The molecule has 0 bridgehead atoms. The molecule has 5 nitrogen and oxygen atoms in total. The lowest BCUT2D eigenvalue weighted by Crippen LogP contribution is -2.22. The molecule has 1 heterocycles. The van der Waals surface area contributed by atoms with Crippen molar-refractivity contribution >= 4 is 15.9 Å². The van der Waals surface area contributed by atoms with Crippen LogP contribution in [0, 0.1) is 0 Å². The minimum Gasteiger partial charge on any atom is -0.486 e. The van der Waals surface area contributed by atoms with E-state index in [-0.39, 0.29) is 0 Å². The number of ether oxygens (including phenoxy) is 1. The summed E-state index contributed by atoms with van der Waals surface area (Å²) in [5.74, 6) is 1.67. The molecule has 1 aromatic carbocycles. The number of rotatable bonds is 7. The minimum atomic E-state index is 0.423. The van der Waals surface area contributed by atoms with Crippen molar-refractivity contribution in [2.45, 2.75) is 46.5 Å². The zero-order valence-corrected chi connectivity index (χ0v) is 14.2. The second-order valence-corrected chi connectivity index (χ2v) is 5.92. The molecule has 0 saturated carbocycles. The van der Waals surface area contributed by atoms with E-state index < -0.39 is 0 Å². The van der Waals surface area contributed by atoms with Gasteiger partial charge in [-0.2, -0.15) is 5.10 Å². The smallest absolute Gasteiger partial charge is 0.164 e. The van der Waals surface area contributed by atoms with Crippen LogP contribution in [0.3, 0.4) is 0 Å². The van der Waals surface area contributed by atoms with Gasteiger partial charge in [-0.25, -0.2) is 9.67 Å². The molecule has 0 spiro atoms. The Labute approximate surface area is 133 Å². The van der Waals surface area contributed by atoms with Gasteiger partial charge in [0.15, 0.2) is 5.82 Å². The number of aromatic nitrogens is 3. The Balaban J connectivity index is 2.01. The maximum Gasteiger partial charge on any atom is 0.164 e. The van der Waals surface area contributed by atoms with Gasteiger partial charge in [-0.1, -0.05) is 29.8 Å². The summed E-state index contributed by atoms with van der Waals surface area (Å²) in [4.78, 5) is 4.21. The van der Waals surface area contributed by atoms with Gasteiger partial charge >= 0.3 is 0 Å². The Hall–Kier alpha value is -1.40. The minimum absolute atomic E-state index is 0.423. The normalized spacial score (nSPS) is 11.1. The predicted octanol–water partition coefficient (Wildman–Crippen LogP) is 3.14. The molecule has 1 N–H and O–H groups in total. The van der Waals surface area contributed by atoms with Gasteiger partial charge in [0.25, 0.3) is 0 Å². The van der Waals surface area contributed by atoms with Crippen LogP contribution >= 0.6 is 15.9 Å². The zero-order valence-electron chi connectivity index (χ0n) is 12.6. The first-order valence-corrected chi connectivity index (χ1v) is 7.90. The van der Waals surface area contributed by atoms with E-state index in [4.69, 9.17) is 4.74 Å². The summed E-state index contributed by atoms with van der Waals surface area (Å²) in [7, 11) is 0. The highest BCUT2D eigenvalue weighted by Crippen LogP contribution is 2.23. The number of benzene rings is 1. The monoisotopic (exact) mass is 352 g/mol. The summed E-state index contributed by atoms with van der Waals surface area (Å²) < 4.78 is 8.74. The first-order chi connectivity index (χ1) is 10.1. The standard InChI is InChI=1S/C15H21BrN4O/c1-4-20-15(18-10-19-20)9-21-13-5-6-14(16)12(7-13)8-17-11(2)3/h5-7,10-11,17H,4,8-9H2,1-3H3. The third kappa shape index (κ3) is 4.54. The van der Waals surface area contributed by atoms with Crippen LogP contribution in [0.25, 0.3) is 0 Å². The highest BCUT2D eigenvalue weighted by molar-refractivity contribution is 9.10. The number of hydrogen-bond acceptors (Lipinski definition) is 4. The molecule has 0 saturated heterocycles. The maximum atomic E-state index is 5.82. The van der Waals surface area contributed by atoms with E-state index in [2.05, 4.69) is 45.2 Å². The van der Waals surface area contributed by atoms with Crippen molar-refractivity contribution in [2.75, 3.05) is 0 Å². The molecular formula is C15H21BrN4O. The molecule has 114 valence electrons. The summed E-state index contributed by atoms with van der Waals surface area (Å²) in [5, 5.41) is 7.54. The molecule has 0 aliphatic rings. The summed E-state index contributed by atoms with van der Waals surface area (Å²) in [6, 6.07) is 6.46. The lowest BCUT2D eigenvalue weighted by molar-refractivity contribution is 0.287. The van der Waals surface area contributed by atoms with E-state index in [0.717, 1.165) is 29.1 Å². The summed E-state index contributed by atoms with van der Waals surface area (Å²) >= 11 is 3.57. The quantitative estimate of drug-likeness (QED) is 0.831. The van der Waals surface area contributed by atoms with Crippen molar-refractivity contribution in [1.82, 2.24) is 20.1 Å². The lowest BCUT2D eigenvalue weighted by atomic mass is 10.2. The van der Waals surface area contributed by atoms with Gasteiger partial charge in [0.1, 0.15) is 18.7 Å². The lowest BCUT2D eigenvalue weighted by Gasteiger charge is -2.12. The van der Waals surface area contributed by atoms with Gasteiger partial charge in [0.2, 0.25) is 0 Å². The average Bonchev–Trinajstić information content (AvgIpc) is 2.92. The third-order valence-electron chi connectivity index (χ3n) is 3.08. The van der Waals surface area contributed by atoms with Crippen molar-refractivity contribution < 1.29 is 4.74 Å². The van der Waals surface area contributed by atoms with Crippen LogP contribution in [0.4, 0.5) is 0 Å². The van der Waals surface area contributed by atoms with Crippen LogP contribution in [-0.2, 0) is 19.7 Å². The molecule has 0 radical (unpaired) electrons. The molecule has 0 unspecified atom stereocenters. The highest BCUT2D eigenvalue weighted by Gasteiger charge is 2.06. The fourth-order valence-electron chi connectivity index (χ4n) is 1.90. The van der Waals surface area contributed by atoms with Crippen molar-refractivity contribution in [3.63, 3.8) is 0 Å². The molecule has 0 aliphatic heterocycles. The molecule has 0 atom stereocenters. The summed E-state index contributed by atoms with van der Waals surface area (Å²) in [6.07, 6.45) is 1.56. The van der Waals surface area contributed by atoms with Gasteiger partial charge in [-0.3, -0.25) is 0 Å². The first-order valence-electron chi connectivity index (χ1n) is 7.11. The fraction of sp³-hybridized carbons (Fsp3) is 0.467. The molecule has 1 aromatic heterocycles. The fourth-order valence-corrected chi connectivity index (χ4v) is 2.29. The number of nitrogens with one attached hydrogen (secondary N) is 1. The Morgan fingerprint density at radius 2 is 2.19 bits per heavy atom. The van der Waals surface area contributed by atoms with Crippen molar-refractivity contribution in [3.05, 3.63) is 40.4 Å². The molecule has 0 aliphatic carbocycles. The number of nitrogens with zero attached hydrogens (tertiary/aromatic N) is 3. The van der Waals surface area contributed by atoms with E-state index in [0.29, 0.717) is 12.6 Å². The van der Waals surface area contributed by atoms with Crippen LogP contribution in [0.2, 0.25) is 0 Å². The van der Waals surface area contributed by atoms with Gasteiger partial charge < -0.3 is 10.1 Å². The van der Waals surface area contributed by atoms with E-state index in [1.165, 1.54) is 5.56 Å². The number of aryl methyl sites for hydroxylation is 1. The molecule has 2 aromatic rings. The molecule has 6 heteroatoms. The van der Waals surface area contributed by atoms with Crippen LogP contribution in [0.1, 0.15) is 32.2 Å². The zero-order chi connectivity index (χ0) is 15.2. The van der Waals surface area contributed by atoms with Crippen molar-refractivity contribution in [1.29, 1.82) is 0 Å². The maximum absolute atomic E-state index is 5.82. The van der Waals surface area contributed by atoms with Crippen LogP contribution < -0.4 is 10.1 Å². The number of hydrogen-bond donors (Lipinski definition) is 1. The van der Waals surface area contributed by atoms with E-state index in [9.17, 15) is 0 Å². The molecule has 0 amide bonds. The van der Waals surface area contributed by atoms with Crippen molar-refractivity contribution in [3.8, 4) is 5.75 Å². The van der Waals surface area contributed by atoms with Crippen molar-refractivity contribution in [2.24, 2.45) is 0 Å². The van der Waals surface area contributed by atoms with Crippen LogP contribution in [0.15, 0.2) is 29.0 Å². The Kier molecular flexibility index (Phi) is 5.76. The summed E-state index contributed by atoms with van der Waals surface area (Å²) in [5.41, 5.74) is 1.18. The largest absolute Gasteiger partial charge is 0.486 e. The Bertz CT molecular complexity index is 583. The SMILES string of the molecule is CCn1ncnc1COc1ccc(Br)c(CNC(C)C)c1. The molecule has 21 heavy (non-hydrogen) atoms. The van der Waals surface area contributed by atoms with Gasteiger partial charge in [0, 0.05) is 23.6 Å². The Morgan fingerprint density at radius 1 is 1.38 bits per heavy atom. The topological polar surface area (TPSA) is 52.0 Å². The average molecular weight is 353 g/mol. The molecular weight excluding hydrogens is 332 g/mol. The van der Waals surface area contributed by atoms with E-state index in [1.54, 1.807) is 6.33 Å². The molecule has 2 rings (SSSR count). The van der Waals surface area contributed by atoms with Crippen LogP contribution in [0.5, 0.6) is 5.75 Å². The predicted molar refractivity (Wildman–Crippen MR) is 86.1 cm³/mol. The second-order valence-electron chi connectivity index (χ2n) is 5.07. The highest BCUT2D eigenvalue weighted by atomic mass is 79.9. The van der Waals surface area contributed by atoms with Crippen LogP contribution in [-0.4, -0.2) is 20.8 Å². The number of halogens is 1. The van der Waals surface area contributed by atoms with E-state index >= 15 is 0 Å². The second kappa shape index (κ2) is 7.56. The summed E-state index contributed by atoms with van der Waals surface area (Å²) in [6.45, 7) is 8.32. The molecule has 0 fully saturated rings. The van der Waals surface area contributed by atoms with Gasteiger partial charge in [-0.05, 0) is 30.7 Å². The Morgan fingerprint density at radius 3 is 2.90 bits per heavy atom.